The first-order valence-electron chi connectivity index (χ1n) is 8.12. The Balaban J connectivity index is 1.69. The molecule has 0 radical (unpaired) electrons. The lowest BCUT2D eigenvalue weighted by Gasteiger charge is -2.13. The van der Waals surface area contributed by atoms with Crippen LogP contribution in [0.25, 0.3) is 0 Å². The van der Waals surface area contributed by atoms with Gasteiger partial charge in [-0.2, -0.15) is 4.68 Å². The summed E-state index contributed by atoms with van der Waals surface area (Å²) in [6, 6.07) is 11.3. The van der Waals surface area contributed by atoms with Gasteiger partial charge in [-0.3, -0.25) is 9.47 Å². The molecule has 0 saturated carbocycles. The van der Waals surface area contributed by atoms with E-state index in [1.807, 2.05) is 6.07 Å². The maximum atomic E-state index is 13.4. The first kappa shape index (κ1) is 18.3. The van der Waals surface area contributed by atoms with E-state index in [0.717, 1.165) is 5.76 Å². The van der Waals surface area contributed by atoms with Gasteiger partial charge in [0, 0.05) is 18.1 Å². The standard InChI is InChI=1S/C18H13ClFN5O2S/c19-14-10-12(5-6-15(14)20)21-16-17(26)25(24-7-1-2-8-24)18(23-22-16)28-11-13-4-3-9-27-13/h1-10H,11H2,(H,21,22). The molecule has 1 N–H and O–H groups in total. The molecule has 0 amide bonds. The van der Waals surface area contributed by atoms with E-state index >= 15 is 0 Å². The minimum Gasteiger partial charge on any atom is -0.468 e. The molecule has 0 aliphatic rings. The normalized spacial score (nSPS) is 10.9. The third kappa shape index (κ3) is 3.80. The summed E-state index contributed by atoms with van der Waals surface area (Å²) in [6.07, 6.45) is 5.03. The lowest BCUT2D eigenvalue weighted by Crippen LogP contribution is -2.30. The number of aromatic nitrogens is 4. The average molecular weight is 418 g/mol. The first-order chi connectivity index (χ1) is 13.6. The van der Waals surface area contributed by atoms with Crippen LogP contribution in [-0.4, -0.2) is 19.5 Å². The molecule has 0 bridgehead atoms. The Morgan fingerprint density at radius 2 is 2.00 bits per heavy atom. The highest BCUT2D eigenvalue weighted by Crippen LogP contribution is 2.23. The minimum absolute atomic E-state index is 0.0151. The van der Waals surface area contributed by atoms with Gasteiger partial charge in [-0.25, -0.2) is 4.39 Å². The summed E-state index contributed by atoms with van der Waals surface area (Å²) in [6.45, 7) is 0. The van der Waals surface area contributed by atoms with Gasteiger partial charge in [-0.15, -0.1) is 10.2 Å². The number of rotatable bonds is 6. The van der Waals surface area contributed by atoms with Crippen molar-refractivity contribution in [2.75, 3.05) is 5.32 Å². The Labute approximate surface area is 167 Å². The number of hydrogen-bond donors (Lipinski definition) is 1. The first-order valence-corrected chi connectivity index (χ1v) is 9.49. The zero-order chi connectivity index (χ0) is 19.5. The van der Waals surface area contributed by atoms with Crippen LogP contribution in [0.4, 0.5) is 15.9 Å². The molecule has 0 aliphatic carbocycles. The molecule has 0 saturated heterocycles. The van der Waals surface area contributed by atoms with Crippen LogP contribution in [0.5, 0.6) is 0 Å². The molecular weight excluding hydrogens is 405 g/mol. The van der Waals surface area contributed by atoms with Crippen LogP contribution in [0, 0.1) is 5.82 Å². The Bertz CT molecular complexity index is 1150. The fraction of sp³-hybridized carbons (Fsp3) is 0.0556. The molecule has 0 aliphatic heterocycles. The Morgan fingerprint density at radius 1 is 1.18 bits per heavy atom. The molecule has 0 fully saturated rings. The molecule has 3 aromatic heterocycles. The third-order valence-corrected chi connectivity index (χ3v) is 4.97. The molecule has 7 nitrogen and oxygen atoms in total. The quantitative estimate of drug-likeness (QED) is 0.474. The number of hydrogen-bond acceptors (Lipinski definition) is 6. The topological polar surface area (TPSA) is 77.9 Å². The van der Waals surface area contributed by atoms with Gasteiger partial charge >= 0.3 is 5.56 Å². The van der Waals surface area contributed by atoms with Crippen molar-refractivity contribution in [1.82, 2.24) is 19.5 Å². The fourth-order valence-electron chi connectivity index (χ4n) is 2.44. The minimum atomic E-state index is -0.548. The van der Waals surface area contributed by atoms with Gasteiger partial charge in [-0.05, 0) is 42.5 Å². The summed E-state index contributed by atoms with van der Waals surface area (Å²) in [5.74, 6) is 0.677. The molecule has 0 atom stereocenters. The molecule has 10 heteroatoms. The van der Waals surface area contributed by atoms with E-state index in [4.69, 9.17) is 16.0 Å². The van der Waals surface area contributed by atoms with Gasteiger partial charge in [0.15, 0.2) is 0 Å². The van der Waals surface area contributed by atoms with Gasteiger partial charge in [0.05, 0.1) is 17.0 Å². The molecule has 0 unspecified atom stereocenters. The van der Waals surface area contributed by atoms with Crippen molar-refractivity contribution in [2.24, 2.45) is 0 Å². The van der Waals surface area contributed by atoms with E-state index in [-0.39, 0.29) is 10.8 Å². The van der Waals surface area contributed by atoms with Gasteiger partial charge in [0.25, 0.3) is 0 Å². The second-order valence-corrected chi connectivity index (χ2v) is 6.98. The van der Waals surface area contributed by atoms with Gasteiger partial charge in [0.2, 0.25) is 11.0 Å². The molecular formula is C18H13ClFN5O2S. The molecule has 4 rings (SSSR count). The smallest absolute Gasteiger partial charge is 0.316 e. The van der Waals surface area contributed by atoms with Crippen LogP contribution in [0.2, 0.25) is 5.02 Å². The number of nitrogens with one attached hydrogen (secondary N) is 1. The summed E-state index contributed by atoms with van der Waals surface area (Å²) >= 11 is 7.11. The van der Waals surface area contributed by atoms with Crippen molar-refractivity contribution >= 4 is 34.9 Å². The predicted molar refractivity (Wildman–Crippen MR) is 104 cm³/mol. The second-order valence-electron chi connectivity index (χ2n) is 5.63. The maximum absolute atomic E-state index is 13.4. The fourth-order valence-corrected chi connectivity index (χ4v) is 3.45. The highest BCUT2D eigenvalue weighted by molar-refractivity contribution is 7.98. The maximum Gasteiger partial charge on any atom is 0.316 e. The SMILES string of the molecule is O=c1c(Nc2ccc(F)c(Cl)c2)nnc(SCc2ccco2)n1-n1cccc1. The monoisotopic (exact) mass is 417 g/mol. The molecule has 142 valence electrons. The average Bonchev–Trinajstić information content (AvgIpc) is 3.39. The van der Waals surface area contributed by atoms with E-state index in [1.54, 1.807) is 41.5 Å². The molecule has 4 aromatic rings. The molecule has 3 heterocycles. The summed E-state index contributed by atoms with van der Waals surface area (Å²) < 4.78 is 21.7. The van der Waals surface area contributed by atoms with Crippen LogP contribution in [0.3, 0.4) is 0 Å². The zero-order valence-corrected chi connectivity index (χ0v) is 15.8. The van der Waals surface area contributed by atoms with E-state index in [0.29, 0.717) is 16.6 Å². The number of thioether (sulfide) groups is 1. The van der Waals surface area contributed by atoms with E-state index in [1.165, 1.54) is 34.6 Å². The van der Waals surface area contributed by atoms with Crippen LogP contribution >= 0.6 is 23.4 Å². The Hall–Kier alpha value is -3.04. The van der Waals surface area contributed by atoms with Gasteiger partial charge in [-0.1, -0.05) is 23.4 Å². The highest BCUT2D eigenvalue weighted by Gasteiger charge is 2.15. The number of nitrogens with zero attached hydrogens (tertiary/aromatic N) is 4. The van der Waals surface area contributed by atoms with Crippen molar-refractivity contribution in [3.63, 3.8) is 0 Å². The van der Waals surface area contributed by atoms with Crippen LogP contribution < -0.4 is 10.9 Å². The summed E-state index contributed by atoms with van der Waals surface area (Å²) in [7, 11) is 0. The summed E-state index contributed by atoms with van der Waals surface area (Å²) in [4.78, 5) is 13.0. The molecule has 1 aromatic carbocycles. The van der Waals surface area contributed by atoms with Crippen molar-refractivity contribution < 1.29 is 8.81 Å². The number of benzene rings is 1. The molecule has 28 heavy (non-hydrogen) atoms. The lowest BCUT2D eigenvalue weighted by atomic mass is 10.3. The number of halogens is 2. The molecule has 0 spiro atoms. The van der Waals surface area contributed by atoms with E-state index in [9.17, 15) is 9.18 Å². The van der Waals surface area contributed by atoms with Crippen molar-refractivity contribution in [2.45, 2.75) is 10.9 Å². The van der Waals surface area contributed by atoms with Crippen LogP contribution in [-0.2, 0) is 5.75 Å². The van der Waals surface area contributed by atoms with Crippen LogP contribution in [0.1, 0.15) is 5.76 Å². The van der Waals surface area contributed by atoms with Crippen molar-refractivity contribution in [3.05, 3.63) is 88.1 Å². The largest absolute Gasteiger partial charge is 0.468 e. The van der Waals surface area contributed by atoms with E-state index < -0.39 is 11.4 Å². The third-order valence-electron chi connectivity index (χ3n) is 3.74. The number of anilines is 2. The zero-order valence-electron chi connectivity index (χ0n) is 14.3. The Morgan fingerprint density at radius 3 is 2.71 bits per heavy atom. The lowest BCUT2D eigenvalue weighted by molar-refractivity contribution is 0.523. The number of furan rings is 1. The van der Waals surface area contributed by atoms with Gasteiger partial charge < -0.3 is 9.73 Å². The van der Waals surface area contributed by atoms with Crippen LogP contribution in [0.15, 0.2) is 75.5 Å². The van der Waals surface area contributed by atoms with Gasteiger partial charge in [0.1, 0.15) is 11.6 Å². The second kappa shape index (κ2) is 7.91. The van der Waals surface area contributed by atoms with Crippen molar-refractivity contribution in [1.29, 1.82) is 0 Å². The highest BCUT2D eigenvalue weighted by atomic mass is 35.5. The predicted octanol–water partition coefficient (Wildman–Crippen LogP) is 4.17. The summed E-state index contributed by atoms with van der Waals surface area (Å²) in [5.41, 5.74) is 0.00133. The Kier molecular flexibility index (Phi) is 5.18. The van der Waals surface area contributed by atoms with E-state index in [2.05, 4.69) is 15.5 Å². The van der Waals surface area contributed by atoms with Crippen molar-refractivity contribution in [3.8, 4) is 0 Å². The summed E-state index contributed by atoms with van der Waals surface area (Å²) in [5, 5.41) is 11.3.